The SMILES string of the molecule is CC(C)(C)OC(=O)N1CC[C@H](Oc2ccc(C=O)c(O)c2)C1. The van der Waals surface area contributed by atoms with Gasteiger partial charge in [-0.05, 0) is 32.9 Å². The molecule has 1 atom stereocenters. The van der Waals surface area contributed by atoms with Crippen molar-refractivity contribution in [2.24, 2.45) is 0 Å². The first-order valence-corrected chi connectivity index (χ1v) is 7.21. The Morgan fingerprint density at radius 1 is 1.41 bits per heavy atom. The highest BCUT2D eigenvalue weighted by Gasteiger charge is 2.30. The van der Waals surface area contributed by atoms with E-state index in [1.807, 2.05) is 20.8 Å². The maximum atomic E-state index is 12.0. The van der Waals surface area contributed by atoms with Gasteiger partial charge in [-0.25, -0.2) is 4.79 Å². The number of phenols is 1. The fraction of sp³-hybridized carbons (Fsp3) is 0.500. The number of aromatic hydroxyl groups is 1. The van der Waals surface area contributed by atoms with Crippen molar-refractivity contribution in [1.82, 2.24) is 4.90 Å². The van der Waals surface area contributed by atoms with E-state index in [0.29, 0.717) is 31.5 Å². The number of benzene rings is 1. The number of aldehydes is 1. The van der Waals surface area contributed by atoms with Crippen molar-refractivity contribution in [1.29, 1.82) is 0 Å². The highest BCUT2D eigenvalue weighted by molar-refractivity contribution is 5.79. The molecule has 0 unspecified atom stereocenters. The Morgan fingerprint density at radius 2 is 2.14 bits per heavy atom. The lowest BCUT2D eigenvalue weighted by atomic mass is 10.2. The zero-order chi connectivity index (χ0) is 16.3. The van der Waals surface area contributed by atoms with Gasteiger partial charge in [-0.2, -0.15) is 0 Å². The molecule has 6 heteroatoms. The van der Waals surface area contributed by atoms with E-state index in [0.717, 1.165) is 0 Å². The van der Waals surface area contributed by atoms with Gasteiger partial charge >= 0.3 is 6.09 Å². The Labute approximate surface area is 129 Å². The van der Waals surface area contributed by atoms with Crippen LogP contribution in [0.4, 0.5) is 4.79 Å². The molecule has 1 aromatic carbocycles. The summed E-state index contributed by atoms with van der Waals surface area (Å²) in [6, 6.07) is 4.53. The molecule has 1 aliphatic heterocycles. The average Bonchev–Trinajstić information content (AvgIpc) is 2.85. The molecule has 1 aromatic rings. The first-order valence-electron chi connectivity index (χ1n) is 7.21. The Bertz CT molecular complexity index is 564. The third-order valence-corrected chi connectivity index (χ3v) is 3.23. The molecular weight excluding hydrogens is 286 g/mol. The van der Waals surface area contributed by atoms with Crippen LogP contribution in [0.3, 0.4) is 0 Å². The van der Waals surface area contributed by atoms with Crippen LogP contribution in [-0.2, 0) is 4.74 Å². The van der Waals surface area contributed by atoms with Crippen molar-refractivity contribution < 1.29 is 24.2 Å². The van der Waals surface area contributed by atoms with Crippen molar-refractivity contribution in [3.05, 3.63) is 23.8 Å². The summed E-state index contributed by atoms with van der Waals surface area (Å²) in [5.74, 6) is 0.355. The predicted octanol–water partition coefficient (Wildman–Crippen LogP) is 2.59. The van der Waals surface area contributed by atoms with Gasteiger partial charge in [0, 0.05) is 19.0 Å². The molecule has 0 radical (unpaired) electrons. The van der Waals surface area contributed by atoms with E-state index in [2.05, 4.69) is 0 Å². The predicted molar refractivity (Wildman–Crippen MR) is 80.3 cm³/mol. The van der Waals surface area contributed by atoms with Crippen LogP contribution in [0, 0.1) is 0 Å². The Kier molecular flexibility index (Phi) is 4.59. The van der Waals surface area contributed by atoms with Crippen LogP contribution in [0.1, 0.15) is 37.6 Å². The van der Waals surface area contributed by atoms with Gasteiger partial charge in [0.1, 0.15) is 23.2 Å². The van der Waals surface area contributed by atoms with Gasteiger partial charge in [0.2, 0.25) is 0 Å². The lowest BCUT2D eigenvalue weighted by Crippen LogP contribution is -2.36. The van der Waals surface area contributed by atoms with Crippen LogP contribution in [0.15, 0.2) is 18.2 Å². The zero-order valence-corrected chi connectivity index (χ0v) is 13.0. The second-order valence-electron chi connectivity index (χ2n) is 6.29. The van der Waals surface area contributed by atoms with Crippen molar-refractivity contribution in [3.8, 4) is 11.5 Å². The second kappa shape index (κ2) is 6.25. The molecule has 0 aromatic heterocycles. The molecule has 0 saturated carbocycles. The number of amides is 1. The summed E-state index contributed by atoms with van der Waals surface area (Å²) >= 11 is 0. The molecule has 120 valence electrons. The minimum atomic E-state index is -0.521. The molecule has 1 aliphatic rings. The fourth-order valence-electron chi connectivity index (χ4n) is 2.21. The van der Waals surface area contributed by atoms with Gasteiger partial charge < -0.3 is 19.5 Å². The summed E-state index contributed by atoms with van der Waals surface area (Å²) < 4.78 is 11.1. The van der Waals surface area contributed by atoms with Crippen LogP contribution >= 0.6 is 0 Å². The summed E-state index contributed by atoms with van der Waals surface area (Å²) in [6.07, 6.45) is 0.765. The van der Waals surface area contributed by atoms with Crippen molar-refractivity contribution in [2.75, 3.05) is 13.1 Å². The van der Waals surface area contributed by atoms with E-state index in [1.165, 1.54) is 12.1 Å². The number of hydrogen-bond donors (Lipinski definition) is 1. The van der Waals surface area contributed by atoms with E-state index in [9.17, 15) is 14.7 Å². The van der Waals surface area contributed by atoms with Gasteiger partial charge in [-0.3, -0.25) is 4.79 Å². The monoisotopic (exact) mass is 307 g/mol. The Hall–Kier alpha value is -2.24. The summed E-state index contributed by atoms with van der Waals surface area (Å²) in [4.78, 5) is 24.2. The van der Waals surface area contributed by atoms with Gasteiger partial charge in [0.15, 0.2) is 6.29 Å². The zero-order valence-electron chi connectivity index (χ0n) is 13.0. The largest absolute Gasteiger partial charge is 0.507 e. The van der Waals surface area contributed by atoms with E-state index in [4.69, 9.17) is 9.47 Å². The van der Waals surface area contributed by atoms with E-state index in [-0.39, 0.29) is 23.5 Å². The number of rotatable bonds is 3. The van der Waals surface area contributed by atoms with E-state index < -0.39 is 5.60 Å². The molecule has 0 aliphatic carbocycles. The fourth-order valence-corrected chi connectivity index (χ4v) is 2.21. The number of ether oxygens (including phenoxy) is 2. The normalized spacial score (nSPS) is 18.1. The second-order valence-corrected chi connectivity index (χ2v) is 6.29. The lowest BCUT2D eigenvalue weighted by Gasteiger charge is -2.24. The maximum Gasteiger partial charge on any atom is 0.410 e. The van der Waals surface area contributed by atoms with Crippen LogP contribution < -0.4 is 4.74 Å². The molecule has 2 rings (SSSR count). The number of carbonyl (C=O) groups excluding carboxylic acids is 2. The number of carbonyl (C=O) groups is 2. The molecule has 0 bridgehead atoms. The third kappa shape index (κ3) is 4.13. The van der Waals surface area contributed by atoms with Crippen LogP contribution in [0.25, 0.3) is 0 Å². The molecule has 1 fully saturated rings. The number of nitrogens with zero attached hydrogens (tertiary/aromatic N) is 1. The van der Waals surface area contributed by atoms with Gasteiger partial charge in [0.25, 0.3) is 0 Å². The molecule has 6 nitrogen and oxygen atoms in total. The summed E-state index contributed by atoms with van der Waals surface area (Å²) in [6.45, 7) is 6.48. The van der Waals surface area contributed by atoms with Crippen LogP contribution in [-0.4, -0.2) is 47.2 Å². The number of hydrogen-bond acceptors (Lipinski definition) is 5. The van der Waals surface area contributed by atoms with Gasteiger partial charge in [-0.1, -0.05) is 0 Å². The summed E-state index contributed by atoms with van der Waals surface area (Å²) in [5, 5.41) is 9.64. The van der Waals surface area contributed by atoms with Crippen LogP contribution in [0.2, 0.25) is 0 Å². The quantitative estimate of drug-likeness (QED) is 0.869. The topological polar surface area (TPSA) is 76.1 Å². The molecule has 1 N–H and O–H groups in total. The highest BCUT2D eigenvalue weighted by Crippen LogP contribution is 2.25. The Morgan fingerprint density at radius 3 is 2.73 bits per heavy atom. The summed E-state index contributed by atoms with van der Waals surface area (Å²) in [5.41, 5.74) is -0.305. The molecule has 1 amide bonds. The maximum absolute atomic E-state index is 12.0. The van der Waals surface area contributed by atoms with Crippen LogP contribution in [0.5, 0.6) is 11.5 Å². The minimum absolute atomic E-state index is 0.116. The molecule has 0 spiro atoms. The van der Waals surface area contributed by atoms with E-state index in [1.54, 1.807) is 11.0 Å². The molecule has 1 heterocycles. The highest BCUT2D eigenvalue weighted by atomic mass is 16.6. The van der Waals surface area contributed by atoms with E-state index >= 15 is 0 Å². The third-order valence-electron chi connectivity index (χ3n) is 3.23. The van der Waals surface area contributed by atoms with Gasteiger partial charge in [0.05, 0.1) is 12.1 Å². The molecule has 22 heavy (non-hydrogen) atoms. The average molecular weight is 307 g/mol. The summed E-state index contributed by atoms with van der Waals surface area (Å²) in [7, 11) is 0. The Balaban J connectivity index is 1.92. The number of likely N-dealkylation sites (tertiary alicyclic amines) is 1. The van der Waals surface area contributed by atoms with Crippen molar-refractivity contribution in [2.45, 2.75) is 38.9 Å². The van der Waals surface area contributed by atoms with Crippen molar-refractivity contribution >= 4 is 12.4 Å². The lowest BCUT2D eigenvalue weighted by molar-refractivity contribution is 0.0275. The first-order chi connectivity index (χ1) is 10.3. The van der Waals surface area contributed by atoms with Gasteiger partial charge in [-0.15, -0.1) is 0 Å². The first kappa shape index (κ1) is 16.1. The minimum Gasteiger partial charge on any atom is -0.507 e. The van der Waals surface area contributed by atoms with Crippen molar-refractivity contribution in [3.63, 3.8) is 0 Å². The molecule has 1 saturated heterocycles. The smallest absolute Gasteiger partial charge is 0.410 e. The molecular formula is C16H21NO5. The number of phenolic OH excluding ortho intramolecular Hbond substituents is 1. The standard InChI is InChI=1S/C16H21NO5/c1-16(2,3)22-15(20)17-7-6-13(9-17)21-12-5-4-11(10-18)14(19)8-12/h4-5,8,10,13,19H,6-7,9H2,1-3H3/t13-/m0/s1.